The molecule has 1 N–H and O–H groups in total. The Hall–Kier alpha value is -2.00. The first-order chi connectivity index (χ1) is 9.86. The fourth-order valence-electron chi connectivity index (χ4n) is 2.61. The highest BCUT2D eigenvalue weighted by molar-refractivity contribution is 5.50. The lowest BCUT2D eigenvalue weighted by atomic mass is 10.00. The molecule has 1 heterocycles. The average molecular weight is 269 g/mol. The van der Waals surface area contributed by atoms with Gasteiger partial charge in [-0.05, 0) is 23.8 Å². The number of para-hydroxylation sites is 1. The third kappa shape index (κ3) is 2.78. The molecule has 1 aliphatic heterocycles. The summed E-state index contributed by atoms with van der Waals surface area (Å²) in [5.74, 6) is 0.990. The molecule has 0 radical (unpaired) electrons. The molecule has 0 fully saturated rings. The Kier molecular flexibility index (Phi) is 3.88. The van der Waals surface area contributed by atoms with Crippen LogP contribution in [0.5, 0.6) is 5.75 Å². The van der Waals surface area contributed by atoms with Crippen molar-refractivity contribution < 1.29 is 9.47 Å². The van der Waals surface area contributed by atoms with Gasteiger partial charge in [0.1, 0.15) is 5.75 Å². The molecule has 20 heavy (non-hydrogen) atoms. The standard InChI is InChI=1S/C17H19NO2/c1-19-12-13-5-4-6-14(11-13)18-16-9-10-20-17-8-3-2-7-15(16)17/h2-8,11,16,18H,9-10,12H2,1H3. The van der Waals surface area contributed by atoms with E-state index >= 15 is 0 Å². The van der Waals surface area contributed by atoms with Gasteiger partial charge in [0.15, 0.2) is 0 Å². The van der Waals surface area contributed by atoms with Crippen molar-refractivity contribution in [2.24, 2.45) is 0 Å². The molecule has 0 saturated heterocycles. The lowest BCUT2D eigenvalue weighted by Gasteiger charge is -2.27. The van der Waals surface area contributed by atoms with Crippen molar-refractivity contribution in [2.45, 2.75) is 19.1 Å². The van der Waals surface area contributed by atoms with E-state index < -0.39 is 0 Å². The molecular formula is C17H19NO2. The number of rotatable bonds is 4. The molecule has 104 valence electrons. The summed E-state index contributed by atoms with van der Waals surface area (Å²) in [6.07, 6.45) is 0.978. The number of benzene rings is 2. The second-order valence-electron chi connectivity index (χ2n) is 5.01. The van der Waals surface area contributed by atoms with E-state index in [4.69, 9.17) is 9.47 Å². The minimum Gasteiger partial charge on any atom is -0.493 e. The first kappa shape index (κ1) is 13.0. The van der Waals surface area contributed by atoms with Crippen LogP contribution in [0, 0.1) is 0 Å². The van der Waals surface area contributed by atoms with E-state index in [1.54, 1.807) is 7.11 Å². The van der Waals surface area contributed by atoms with Crippen molar-refractivity contribution >= 4 is 5.69 Å². The number of anilines is 1. The van der Waals surface area contributed by atoms with Crippen LogP contribution in [0.3, 0.4) is 0 Å². The van der Waals surface area contributed by atoms with Gasteiger partial charge in [-0.2, -0.15) is 0 Å². The van der Waals surface area contributed by atoms with E-state index in [2.05, 4.69) is 41.7 Å². The van der Waals surface area contributed by atoms with Gasteiger partial charge < -0.3 is 14.8 Å². The van der Waals surface area contributed by atoms with Crippen molar-refractivity contribution in [2.75, 3.05) is 19.0 Å². The number of fused-ring (bicyclic) bond motifs is 1. The Labute approximate surface area is 119 Å². The quantitative estimate of drug-likeness (QED) is 0.916. The number of methoxy groups -OCH3 is 1. The van der Waals surface area contributed by atoms with E-state index in [0.717, 1.165) is 24.5 Å². The van der Waals surface area contributed by atoms with Gasteiger partial charge in [-0.25, -0.2) is 0 Å². The summed E-state index contributed by atoms with van der Waals surface area (Å²) in [5, 5.41) is 3.60. The summed E-state index contributed by atoms with van der Waals surface area (Å²) in [7, 11) is 1.72. The van der Waals surface area contributed by atoms with Gasteiger partial charge in [0, 0.05) is 24.8 Å². The van der Waals surface area contributed by atoms with Crippen LogP contribution in [0.25, 0.3) is 0 Å². The molecule has 2 aromatic rings. The van der Waals surface area contributed by atoms with Crippen molar-refractivity contribution in [1.29, 1.82) is 0 Å². The van der Waals surface area contributed by atoms with Crippen LogP contribution in [0.2, 0.25) is 0 Å². The monoisotopic (exact) mass is 269 g/mol. The maximum absolute atomic E-state index is 5.69. The summed E-state index contributed by atoms with van der Waals surface area (Å²) in [4.78, 5) is 0. The molecule has 3 nitrogen and oxygen atoms in total. The number of hydrogen-bond donors (Lipinski definition) is 1. The lowest BCUT2D eigenvalue weighted by molar-refractivity contribution is 0.185. The second-order valence-corrected chi connectivity index (χ2v) is 5.01. The molecule has 1 atom stereocenters. The highest BCUT2D eigenvalue weighted by Crippen LogP contribution is 2.34. The molecule has 0 spiro atoms. The molecule has 0 saturated carbocycles. The normalized spacial score (nSPS) is 17.1. The molecule has 3 heteroatoms. The summed E-state index contributed by atoms with van der Waals surface area (Å²) in [6.45, 7) is 1.40. The number of hydrogen-bond acceptors (Lipinski definition) is 3. The van der Waals surface area contributed by atoms with Crippen molar-refractivity contribution in [3.05, 3.63) is 59.7 Å². The first-order valence-electron chi connectivity index (χ1n) is 6.93. The van der Waals surface area contributed by atoms with Gasteiger partial charge in [-0.3, -0.25) is 0 Å². The third-order valence-corrected chi connectivity index (χ3v) is 3.54. The van der Waals surface area contributed by atoms with E-state index in [1.165, 1.54) is 11.1 Å². The first-order valence-corrected chi connectivity index (χ1v) is 6.93. The summed E-state index contributed by atoms with van der Waals surface area (Å²) >= 11 is 0. The molecule has 1 unspecified atom stereocenters. The predicted molar refractivity (Wildman–Crippen MR) is 80.1 cm³/mol. The average Bonchev–Trinajstić information content (AvgIpc) is 2.48. The molecule has 2 aromatic carbocycles. The minimum absolute atomic E-state index is 0.303. The summed E-state index contributed by atoms with van der Waals surface area (Å²) < 4.78 is 10.9. The summed E-state index contributed by atoms with van der Waals surface area (Å²) in [5.41, 5.74) is 3.54. The van der Waals surface area contributed by atoms with Gasteiger partial charge >= 0.3 is 0 Å². The third-order valence-electron chi connectivity index (χ3n) is 3.54. The van der Waals surface area contributed by atoms with Crippen LogP contribution in [-0.4, -0.2) is 13.7 Å². The van der Waals surface area contributed by atoms with Crippen LogP contribution in [0.15, 0.2) is 48.5 Å². The Morgan fingerprint density at radius 3 is 3.00 bits per heavy atom. The van der Waals surface area contributed by atoms with E-state index in [1.807, 2.05) is 12.1 Å². The Morgan fingerprint density at radius 2 is 2.10 bits per heavy atom. The fraction of sp³-hybridized carbons (Fsp3) is 0.294. The SMILES string of the molecule is COCc1cccc(NC2CCOc3ccccc32)c1. The molecule has 0 aromatic heterocycles. The minimum atomic E-state index is 0.303. The Balaban J connectivity index is 1.80. The van der Waals surface area contributed by atoms with Crippen molar-refractivity contribution in [1.82, 2.24) is 0 Å². The van der Waals surface area contributed by atoms with Crippen LogP contribution < -0.4 is 10.1 Å². The van der Waals surface area contributed by atoms with Gasteiger partial charge in [0.05, 0.1) is 19.3 Å². The molecular weight excluding hydrogens is 250 g/mol. The van der Waals surface area contributed by atoms with Gasteiger partial charge in [-0.1, -0.05) is 30.3 Å². The van der Waals surface area contributed by atoms with Gasteiger partial charge in [0.25, 0.3) is 0 Å². The predicted octanol–water partition coefficient (Wildman–Crippen LogP) is 3.77. The van der Waals surface area contributed by atoms with Crippen LogP contribution in [-0.2, 0) is 11.3 Å². The topological polar surface area (TPSA) is 30.5 Å². The zero-order valence-electron chi connectivity index (χ0n) is 11.6. The molecule has 3 rings (SSSR count). The Bertz CT molecular complexity index is 583. The lowest BCUT2D eigenvalue weighted by Crippen LogP contribution is -2.20. The van der Waals surface area contributed by atoms with Crippen molar-refractivity contribution in [3.8, 4) is 5.75 Å². The molecule has 1 aliphatic rings. The van der Waals surface area contributed by atoms with E-state index in [9.17, 15) is 0 Å². The van der Waals surface area contributed by atoms with Gasteiger partial charge in [-0.15, -0.1) is 0 Å². The number of ether oxygens (including phenoxy) is 2. The maximum Gasteiger partial charge on any atom is 0.124 e. The van der Waals surface area contributed by atoms with E-state index in [-0.39, 0.29) is 0 Å². The van der Waals surface area contributed by atoms with Crippen LogP contribution in [0.1, 0.15) is 23.6 Å². The smallest absolute Gasteiger partial charge is 0.124 e. The van der Waals surface area contributed by atoms with E-state index in [0.29, 0.717) is 12.6 Å². The molecule has 0 aliphatic carbocycles. The zero-order chi connectivity index (χ0) is 13.8. The summed E-state index contributed by atoms with van der Waals surface area (Å²) in [6, 6.07) is 16.9. The van der Waals surface area contributed by atoms with Crippen molar-refractivity contribution in [3.63, 3.8) is 0 Å². The highest BCUT2D eigenvalue weighted by Gasteiger charge is 2.20. The Morgan fingerprint density at radius 1 is 1.20 bits per heavy atom. The molecule has 0 amide bonds. The fourth-order valence-corrected chi connectivity index (χ4v) is 2.61. The van der Waals surface area contributed by atoms with Crippen LogP contribution in [0.4, 0.5) is 5.69 Å². The second kappa shape index (κ2) is 5.97. The van der Waals surface area contributed by atoms with Gasteiger partial charge in [0.2, 0.25) is 0 Å². The molecule has 0 bridgehead atoms. The largest absolute Gasteiger partial charge is 0.493 e. The zero-order valence-corrected chi connectivity index (χ0v) is 11.6. The number of nitrogens with one attached hydrogen (secondary N) is 1. The van der Waals surface area contributed by atoms with Crippen LogP contribution >= 0.6 is 0 Å². The maximum atomic E-state index is 5.69. The highest BCUT2D eigenvalue weighted by atomic mass is 16.5.